The van der Waals surface area contributed by atoms with E-state index in [2.05, 4.69) is 5.43 Å². The molecule has 4 rings (SSSR count). The van der Waals surface area contributed by atoms with Crippen LogP contribution in [-0.2, 0) is 0 Å². The number of fused-ring (bicyclic) bond motifs is 2. The lowest BCUT2D eigenvalue weighted by molar-refractivity contribution is 0.0696. The Kier molecular flexibility index (Phi) is 4.02. The summed E-state index contributed by atoms with van der Waals surface area (Å²) in [6.07, 6.45) is 0. The SMILES string of the molecule is O=C(O)c1ccc2c(c1)SC(O)N2NC(=O)c1cccc2ccccc12. The van der Waals surface area contributed by atoms with Gasteiger partial charge in [0.05, 0.1) is 11.3 Å². The standard InChI is InChI=1S/C19H14N2O4S/c22-17(14-7-3-5-11-4-1-2-6-13(11)14)20-21-15-9-8-12(18(23)24)10-16(15)26-19(21)25/h1-10,19,25H,(H,20,22)(H,23,24). The topological polar surface area (TPSA) is 89.9 Å². The van der Waals surface area contributed by atoms with Crippen LogP contribution in [0.2, 0.25) is 0 Å². The predicted octanol–water partition coefficient (Wildman–Crippen LogP) is 3.07. The smallest absolute Gasteiger partial charge is 0.335 e. The van der Waals surface area contributed by atoms with Gasteiger partial charge in [-0.25, -0.2) is 9.80 Å². The van der Waals surface area contributed by atoms with E-state index in [-0.39, 0.29) is 11.5 Å². The molecule has 3 aromatic carbocycles. The molecule has 1 amide bonds. The number of anilines is 1. The van der Waals surface area contributed by atoms with Crippen LogP contribution in [-0.4, -0.2) is 27.6 Å². The Morgan fingerprint density at radius 3 is 2.62 bits per heavy atom. The molecule has 3 aromatic rings. The van der Waals surface area contributed by atoms with Crippen LogP contribution < -0.4 is 10.4 Å². The van der Waals surface area contributed by atoms with Gasteiger partial charge in [0.15, 0.2) is 5.56 Å². The molecule has 1 aliphatic rings. The number of hydrogen-bond donors (Lipinski definition) is 3. The summed E-state index contributed by atoms with van der Waals surface area (Å²) < 4.78 is 0. The fourth-order valence-electron chi connectivity index (χ4n) is 2.93. The number of thioether (sulfide) groups is 1. The molecule has 0 saturated carbocycles. The second-order valence-corrected chi connectivity index (χ2v) is 6.87. The minimum absolute atomic E-state index is 0.130. The molecule has 0 spiro atoms. The molecule has 26 heavy (non-hydrogen) atoms. The average Bonchev–Trinajstić information content (AvgIpc) is 2.95. The molecular formula is C19H14N2O4S. The van der Waals surface area contributed by atoms with E-state index in [1.807, 2.05) is 30.3 Å². The van der Waals surface area contributed by atoms with Crippen molar-refractivity contribution in [3.05, 3.63) is 71.8 Å². The van der Waals surface area contributed by atoms with Crippen LogP contribution in [0.5, 0.6) is 0 Å². The lowest BCUT2D eigenvalue weighted by atomic mass is 10.0. The minimum atomic E-state index is -1.04. The van der Waals surface area contributed by atoms with Gasteiger partial charge in [0, 0.05) is 10.5 Å². The summed E-state index contributed by atoms with van der Waals surface area (Å²) in [5.74, 6) is -1.39. The fraction of sp³-hybridized carbons (Fsp3) is 0.0526. The Hall–Kier alpha value is -3.03. The van der Waals surface area contributed by atoms with Crippen LogP contribution in [0, 0.1) is 0 Å². The van der Waals surface area contributed by atoms with Gasteiger partial charge in [0.2, 0.25) is 0 Å². The maximum atomic E-state index is 12.8. The van der Waals surface area contributed by atoms with Crippen LogP contribution in [0.3, 0.4) is 0 Å². The van der Waals surface area contributed by atoms with Gasteiger partial charge in [0.1, 0.15) is 0 Å². The molecule has 0 radical (unpaired) electrons. The second-order valence-electron chi connectivity index (χ2n) is 5.77. The zero-order valence-electron chi connectivity index (χ0n) is 13.4. The molecule has 130 valence electrons. The van der Waals surface area contributed by atoms with Gasteiger partial charge >= 0.3 is 5.97 Å². The summed E-state index contributed by atoms with van der Waals surface area (Å²) in [6.45, 7) is 0. The highest BCUT2D eigenvalue weighted by Gasteiger charge is 2.31. The second kappa shape index (κ2) is 6.36. The number of carbonyl (C=O) groups is 2. The Morgan fingerprint density at radius 1 is 1.04 bits per heavy atom. The van der Waals surface area contributed by atoms with Crippen molar-refractivity contribution in [3.63, 3.8) is 0 Å². The molecule has 7 heteroatoms. The van der Waals surface area contributed by atoms with E-state index < -0.39 is 11.5 Å². The number of hydrazine groups is 1. The number of aliphatic hydroxyl groups is 1. The molecular weight excluding hydrogens is 352 g/mol. The molecule has 0 bridgehead atoms. The van der Waals surface area contributed by atoms with Crippen molar-refractivity contribution >= 4 is 40.1 Å². The van der Waals surface area contributed by atoms with Gasteiger partial charge in [-0.05, 0) is 35.0 Å². The summed E-state index contributed by atoms with van der Waals surface area (Å²) in [5, 5.41) is 22.5. The van der Waals surface area contributed by atoms with E-state index in [0.29, 0.717) is 16.1 Å². The van der Waals surface area contributed by atoms with Crippen molar-refractivity contribution < 1.29 is 19.8 Å². The molecule has 0 fully saturated rings. The Bertz CT molecular complexity index is 1030. The Balaban J connectivity index is 1.65. The number of benzene rings is 3. The van der Waals surface area contributed by atoms with Crippen molar-refractivity contribution in [2.24, 2.45) is 0 Å². The number of carboxylic acid groups (broad SMARTS) is 1. The van der Waals surface area contributed by atoms with Crippen LogP contribution >= 0.6 is 11.8 Å². The highest BCUT2D eigenvalue weighted by molar-refractivity contribution is 8.00. The summed E-state index contributed by atoms with van der Waals surface area (Å²) in [5.41, 5.74) is 2.87. The Labute approximate surface area is 153 Å². The molecule has 3 N–H and O–H groups in total. The predicted molar refractivity (Wildman–Crippen MR) is 99.2 cm³/mol. The number of hydrogen-bond acceptors (Lipinski definition) is 5. The number of carbonyl (C=O) groups excluding carboxylic acids is 1. The lowest BCUT2D eigenvalue weighted by Gasteiger charge is -2.23. The maximum Gasteiger partial charge on any atom is 0.335 e. The van der Waals surface area contributed by atoms with Crippen LogP contribution in [0.25, 0.3) is 10.8 Å². The third kappa shape index (κ3) is 2.77. The van der Waals surface area contributed by atoms with Crippen LogP contribution in [0.1, 0.15) is 20.7 Å². The first-order valence-electron chi connectivity index (χ1n) is 7.84. The van der Waals surface area contributed by atoms with E-state index in [1.54, 1.807) is 18.2 Å². The third-order valence-corrected chi connectivity index (χ3v) is 5.18. The third-order valence-electron chi connectivity index (χ3n) is 4.18. The van der Waals surface area contributed by atoms with Gasteiger partial charge in [-0.15, -0.1) is 0 Å². The summed E-state index contributed by atoms with van der Waals surface area (Å²) >= 11 is 1.07. The summed E-state index contributed by atoms with van der Waals surface area (Å²) in [6, 6.07) is 17.5. The molecule has 1 aliphatic heterocycles. The van der Waals surface area contributed by atoms with E-state index in [9.17, 15) is 14.7 Å². The molecule has 0 aliphatic carbocycles. The molecule has 6 nitrogen and oxygen atoms in total. The first kappa shape index (κ1) is 16.4. The average molecular weight is 366 g/mol. The number of carboxylic acids is 1. The van der Waals surface area contributed by atoms with Crippen LogP contribution in [0.15, 0.2) is 65.6 Å². The number of nitrogens with zero attached hydrogens (tertiary/aromatic N) is 1. The molecule has 0 aromatic heterocycles. The summed E-state index contributed by atoms with van der Waals surface area (Å²) in [4.78, 5) is 24.5. The van der Waals surface area contributed by atoms with Gasteiger partial charge in [-0.2, -0.15) is 0 Å². The molecule has 0 saturated heterocycles. The summed E-state index contributed by atoms with van der Waals surface area (Å²) in [7, 11) is 0. The van der Waals surface area contributed by atoms with Gasteiger partial charge in [-0.3, -0.25) is 10.2 Å². The van der Waals surface area contributed by atoms with Gasteiger partial charge in [-0.1, -0.05) is 48.2 Å². The monoisotopic (exact) mass is 366 g/mol. The zero-order valence-corrected chi connectivity index (χ0v) is 14.2. The Morgan fingerprint density at radius 2 is 1.81 bits per heavy atom. The van der Waals surface area contributed by atoms with E-state index in [4.69, 9.17) is 5.11 Å². The number of nitrogens with one attached hydrogen (secondary N) is 1. The van der Waals surface area contributed by atoms with Crippen LogP contribution in [0.4, 0.5) is 5.69 Å². The lowest BCUT2D eigenvalue weighted by Crippen LogP contribution is -2.45. The molecule has 1 heterocycles. The quantitative estimate of drug-likeness (QED) is 0.660. The van der Waals surface area contributed by atoms with E-state index in [1.165, 1.54) is 17.1 Å². The number of aliphatic hydroxyl groups excluding tert-OH is 1. The highest BCUT2D eigenvalue weighted by atomic mass is 32.2. The van der Waals surface area contributed by atoms with Gasteiger partial charge < -0.3 is 10.2 Å². The zero-order chi connectivity index (χ0) is 18.3. The fourth-order valence-corrected chi connectivity index (χ4v) is 3.92. The van der Waals surface area contributed by atoms with E-state index in [0.717, 1.165) is 22.5 Å². The van der Waals surface area contributed by atoms with Crippen molar-refractivity contribution in [2.75, 3.05) is 5.01 Å². The van der Waals surface area contributed by atoms with Crippen molar-refractivity contribution in [1.29, 1.82) is 0 Å². The first-order valence-corrected chi connectivity index (χ1v) is 8.72. The van der Waals surface area contributed by atoms with Gasteiger partial charge in [0.25, 0.3) is 5.91 Å². The minimum Gasteiger partial charge on any atom is -0.478 e. The maximum absolute atomic E-state index is 12.8. The van der Waals surface area contributed by atoms with Crippen molar-refractivity contribution in [2.45, 2.75) is 10.5 Å². The largest absolute Gasteiger partial charge is 0.478 e. The van der Waals surface area contributed by atoms with E-state index >= 15 is 0 Å². The highest BCUT2D eigenvalue weighted by Crippen LogP contribution is 2.41. The molecule has 1 unspecified atom stereocenters. The number of amides is 1. The van der Waals surface area contributed by atoms with Crippen molar-refractivity contribution in [3.8, 4) is 0 Å². The number of rotatable bonds is 3. The first-order chi connectivity index (χ1) is 12.5. The normalized spacial score (nSPS) is 15.7. The number of aromatic carboxylic acids is 1. The molecule has 1 atom stereocenters. The van der Waals surface area contributed by atoms with Crippen molar-refractivity contribution in [1.82, 2.24) is 5.43 Å².